The molecule has 1 aromatic carbocycles. The molecule has 3 rings (SSSR count). The van der Waals surface area contributed by atoms with Gasteiger partial charge in [-0.25, -0.2) is 8.42 Å². The van der Waals surface area contributed by atoms with E-state index in [0.717, 1.165) is 19.4 Å². The van der Waals surface area contributed by atoms with E-state index in [1.165, 1.54) is 10.4 Å². The summed E-state index contributed by atoms with van der Waals surface area (Å²) in [6, 6.07) is 6.77. The average molecular weight is 432 g/mol. The molecule has 28 heavy (non-hydrogen) atoms. The van der Waals surface area contributed by atoms with E-state index in [-0.39, 0.29) is 41.5 Å². The van der Waals surface area contributed by atoms with Gasteiger partial charge in [0.25, 0.3) is 5.91 Å². The molecule has 0 aliphatic carbocycles. The minimum absolute atomic E-state index is 0. The maximum absolute atomic E-state index is 13.0. The zero-order valence-corrected chi connectivity index (χ0v) is 18.2. The average Bonchev–Trinajstić information content (AvgIpc) is 2.61. The van der Waals surface area contributed by atoms with Gasteiger partial charge < -0.3 is 15.4 Å². The van der Waals surface area contributed by atoms with Crippen LogP contribution in [0.15, 0.2) is 29.2 Å². The minimum atomic E-state index is -3.66. The van der Waals surface area contributed by atoms with Gasteiger partial charge in [-0.15, -0.1) is 12.4 Å². The Morgan fingerprint density at radius 2 is 1.89 bits per heavy atom. The summed E-state index contributed by atoms with van der Waals surface area (Å²) >= 11 is 0. The van der Waals surface area contributed by atoms with Crippen LogP contribution in [0.25, 0.3) is 0 Å². The third-order valence-electron chi connectivity index (χ3n) is 5.08. The molecule has 0 spiro atoms. The summed E-state index contributed by atoms with van der Waals surface area (Å²) in [7, 11) is -3.66. The smallest absolute Gasteiger partial charge is 0.251 e. The van der Waals surface area contributed by atoms with Gasteiger partial charge in [0, 0.05) is 30.7 Å². The summed E-state index contributed by atoms with van der Waals surface area (Å²) < 4.78 is 33.1. The van der Waals surface area contributed by atoms with Crippen molar-refractivity contribution in [3.8, 4) is 0 Å². The molecule has 4 atom stereocenters. The summed E-state index contributed by atoms with van der Waals surface area (Å²) in [6.07, 6.45) is 1.43. The fourth-order valence-electron chi connectivity index (χ4n) is 3.81. The molecule has 2 saturated heterocycles. The number of ether oxygens (including phenoxy) is 1. The third-order valence-corrected chi connectivity index (χ3v) is 6.91. The van der Waals surface area contributed by atoms with Gasteiger partial charge in [-0.1, -0.05) is 6.07 Å². The lowest BCUT2D eigenvalue weighted by Crippen LogP contribution is -2.48. The van der Waals surface area contributed by atoms with E-state index < -0.39 is 10.0 Å². The van der Waals surface area contributed by atoms with Gasteiger partial charge in [0.2, 0.25) is 10.0 Å². The molecule has 2 aliphatic heterocycles. The normalized spacial score (nSPS) is 29.0. The third kappa shape index (κ3) is 5.45. The van der Waals surface area contributed by atoms with Crippen molar-refractivity contribution in [3.63, 3.8) is 0 Å². The number of nitrogens with zero attached hydrogens (tertiary/aromatic N) is 1. The van der Waals surface area contributed by atoms with Gasteiger partial charge in [-0.2, -0.15) is 4.31 Å². The Hall–Kier alpha value is -1.19. The summed E-state index contributed by atoms with van der Waals surface area (Å²) in [5, 5.41) is 6.38. The molecule has 0 radical (unpaired) electrons. The highest BCUT2D eigenvalue weighted by Crippen LogP contribution is 2.22. The van der Waals surface area contributed by atoms with E-state index in [0.29, 0.717) is 24.7 Å². The van der Waals surface area contributed by atoms with Gasteiger partial charge in [-0.05, 0) is 58.4 Å². The van der Waals surface area contributed by atoms with Crippen molar-refractivity contribution < 1.29 is 17.9 Å². The standard InChI is InChI=1S/C19H29N3O4S.ClH/c1-13-9-17(7-8-20-13)21-19(23)16-5-4-6-18(10-16)27(24,25)22-11-14(2)26-15(3)12-22;/h4-6,10,13-15,17,20H,7-9,11-12H2,1-3H3,(H,21,23);1H. The highest BCUT2D eigenvalue weighted by molar-refractivity contribution is 7.89. The van der Waals surface area contributed by atoms with Gasteiger partial charge in [0.05, 0.1) is 17.1 Å². The zero-order chi connectivity index (χ0) is 19.6. The molecule has 2 fully saturated rings. The number of nitrogens with one attached hydrogen (secondary N) is 2. The van der Waals surface area contributed by atoms with E-state index >= 15 is 0 Å². The van der Waals surface area contributed by atoms with Gasteiger partial charge in [0.1, 0.15) is 0 Å². The van der Waals surface area contributed by atoms with Crippen LogP contribution in [0.1, 0.15) is 44.0 Å². The van der Waals surface area contributed by atoms with Crippen molar-refractivity contribution in [1.29, 1.82) is 0 Å². The fraction of sp³-hybridized carbons (Fsp3) is 0.632. The van der Waals surface area contributed by atoms with Crippen molar-refractivity contribution in [2.24, 2.45) is 0 Å². The molecule has 7 nitrogen and oxygen atoms in total. The van der Waals surface area contributed by atoms with E-state index in [1.54, 1.807) is 18.2 Å². The van der Waals surface area contributed by atoms with E-state index in [1.807, 2.05) is 13.8 Å². The highest BCUT2D eigenvalue weighted by Gasteiger charge is 2.32. The SMILES string of the molecule is CC1CC(NC(=O)c2cccc(S(=O)(=O)N3CC(C)OC(C)C3)c2)CCN1.Cl. The monoisotopic (exact) mass is 431 g/mol. The summed E-state index contributed by atoms with van der Waals surface area (Å²) in [4.78, 5) is 12.8. The number of hydrogen-bond donors (Lipinski definition) is 2. The molecule has 2 heterocycles. The number of rotatable bonds is 4. The Morgan fingerprint density at radius 3 is 2.54 bits per heavy atom. The summed E-state index contributed by atoms with van der Waals surface area (Å²) in [6.45, 7) is 7.32. The first-order chi connectivity index (χ1) is 12.8. The molecule has 0 saturated carbocycles. The number of hydrogen-bond acceptors (Lipinski definition) is 5. The predicted octanol–water partition coefficient (Wildman–Crippen LogP) is 1.78. The number of sulfonamides is 1. The van der Waals surface area contributed by atoms with Crippen LogP contribution in [-0.4, -0.2) is 62.6 Å². The molecular formula is C19H30ClN3O4S. The first kappa shape index (κ1) is 23.1. The number of morpholine rings is 1. The van der Waals surface area contributed by atoms with Crippen molar-refractivity contribution in [2.45, 2.75) is 62.8 Å². The number of carbonyl (C=O) groups is 1. The lowest BCUT2D eigenvalue weighted by molar-refractivity contribution is -0.0440. The molecule has 2 aliphatic rings. The van der Waals surface area contributed by atoms with E-state index in [4.69, 9.17) is 4.74 Å². The van der Waals surface area contributed by atoms with Crippen molar-refractivity contribution in [1.82, 2.24) is 14.9 Å². The molecule has 158 valence electrons. The lowest BCUT2D eigenvalue weighted by Gasteiger charge is -2.34. The number of amides is 1. The summed E-state index contributed by atoms with van der Waals surface area (Å²) in [5.74, 6) is -0.227. The Balaban J connectivity index is 0.00000280. The lowest BCUT2D eigenvalue weighted by atomic mass is 10.0. The largest absolute Gasteiger partial charge is 0.373 e. The van der Waals surface area contributed by atoms with Gasteiger partial charge in [-0.3, -0.25) is 4.79 Å². The molecule has 4 unspecified atom stereocenters. The van der Waals surface area contributed by atoms with Crippen LogP contribution >= 0.6 is 12.4 Å². The maximum atomic E-state index is 13.0. The first-order valence-electron chi connectivity index (χ1n) is 9.55. The van der Waals surface area contributed by atoms with Crippen LogP contribution in [0.2, 0.25) is 0 Å². The van der Waals surface area contributed by atoms with Crippen molar-refractivity contribution >= 4 is 28.3 Å². The Kier molecular flexibility index (Phi) is 7.87. The second kappa shape index (κ2) is 9.54. The van der Waals surface area contributed by atoms with Crippen LogP contribution in [0, 0.1) is 0 Å². The molecule has 0 bridgehead atoms. The van der Waals surface area contributed by atoms with Crippen molar-refractivity contribution in [3.05, 3.63) is 29.8 Å². The second-order valence-electron chi connectivity index (χ2n) is 7.66. The Labute approximate surface area is 173 Å². The number of halogens is 1. The topological polar surface area (TPSA) is 87.7 Å². The van der Waals surface area contributed by atoms with E-state index in [9.17, 15) is 13.2 Å². The van der Waals surface area contributed by atoms with Gasteiger partial charge in [0.15, 0.2) is 0 Å². The highest BCUT2D eigenvalue weighted by atomic mass is 35.5. The second-order valence-corrected chi connectivity index (χ2v) is 9.60. The van der Waals surface area contributed by atoms with Crippen LogP contribution in [-0.2, 0) is 14.8 Å². The first-order valence-corrected chi connectivity index (χ1v) is 11.0. The zero-order valence-electron chi connectivity index (χ0n) is 16.6. The van der Waals surface area contributed by atoms with Crippen LogP contribution in [0.5, 0.6) is 0 Å². The number of carbonyl (C=O) groups excluding carboxylic acids is 1. The van der Waals surface area contributed by atoms with Crippen LogP contribution in [0.4, 0.5) is 0 Å². The van der Waals surface area contributed by atoms with E-state index in [2.05, 4.69) is 17.6 Å². The predicted molar refractivity (Wildman–Crippen MR) is 110 cm³/mol. The molecule has 1 amide bonds. The molecule has 0 aromatic heterocycles. The maximum Gasteiger partial charge on any atom is 0.251 e. The molecular weight excluding hydrogens is 402 g/mol. The Morgan fingerprint density at radius 1 is 1.21 bits per heavy atom. The number of piperidine rings is 1. The Bertz CT molecular complexity index is 779. The van der Waals surface area contributed by atoms with Crippen LogP contribution in [0.3, 0.4) is 0 Å². The van der Waals surface area contributed by atoms with Gasteiger partial charge >= 0.3 is 0 Å². The molecule has 2 N–H and O–H groups in total. The quantitative estimate of drug-likeness (QED) is 0.758. The minimum Gasteiger partial charge on any atom is -0.373 e. The number of benzene rings is 1. The van der Waals surface area contributed by atoms with Crippen LogP contribution < -0.4 is 10.6 Å². The molecule has 1 aromatic rings. The fourth-order valence-corrected chi connectivity index (χ4v) is 5.44. The molecule has 9 heteroatoms. The van der Waals surface area contributed by atoms with Crippen molar-refractivity contribution in [2.75, 3.05) is 19.6 Å². The summed E-state index contributed by atoms with van der Waals surface area (Å²) in [5.41, 5.74) is 0.372.